The van der Waals surface area contributed by atoms with E-state index in [1.165, 1.54) is 35.2 Å². The number of nitrogens with one attached hydrogen (secondary N) is 1. The number of halogens is 2. The third kappa shape index (κ3) is 8.62. The van der Waals surface area contributed by atoms with Gasteiger partial charge in [-0.3, -0.25) is 13.9 Å². The summed E-state index contributed by atoms with van der Waals surface area (Å²) < 4.78 is 29.1. The highest BCUT2D eigenvalue weighted by Gasteiger charge is 2.35. The summed E-state index contributed by atoms with van der Waals surface area (Å²) in [4.78, 5) is 29.6. The molecule has 0 aliphatic carbocycles. The number of amides is 2. The molecule has 1 N–H and O–H groups in total. The fourth-order valence-electron chi connectivity index (χ4n) is 4.76. The van der Waals surface area contributed by atoms with E-state index in [9.17, 15) is 18.0 Å². The molecule has 4 aromatic carbocycles. The molecule has 0 radical (unpaired) electrons. The van der Waals surface area contributed by atoms with Crippen LogP contribution in [-0.4, -0.2) is 44.3 Å². The van der Waals surface area contributed by atoms with E-state index < -0.39 is 28.5 Å². The first-order valence-corrected chi connectivity index (χ1v) is 16.6. The van der Waals surface area contributed by atoms with Crippen molar-refractivity contribution in [1.82, 2.24) is 10.2 Å². The number of rotatable bonds is 14. The molecular weight excluding hydrogens is 617 g/mol. The van der Waals surface area contributed by atoms with Crippen LogP contribution in [0.25, 0.3) is 0 Å². The fraction of sp³-hybridized carbons (Fsp3) is 0.235. The van der Waals surface area contributed by atoms with Crippen LogP contribution in [-0.2, 0) is 32.6 Å². The number of hydrogen-bond acceptors (Lipinski definition) is 4. The topological polar surface area (TPSA) is 86.8 Å². The van der Waals surface area contributed by atoms with E-state index in [1.54, 1.807) is 18.2 Å². The normalized spacial score (nSPS) is 11.9. The molecule has 10 heteroatoms. The number of hydrogen-bond donors (Lipinski definition) is 1. The van der Waals surface area contributed by atoms with Crippen LogP contribution < -0.4 is 9.62 Å². The lowest BCUT2D eigenvalue weighted by molar-refractivity contribution is -0.140. The van der Waals surface area contributed by atoms with Crippen LogP contribution in [0.2, 0.25) is 10.0 Å². The number of anilines is 1. The van der Waals surface area contributed by atoms with Gasteiger partial charge >= 0.3 is 0 Å². The van der Waals surface area contributed by atoms with Gasteiger partial charge in [-0.2, -0.15) is 0 Å². The van der Waals surface area contributed by atoms with Gasteiger partial charge in [0.05, 0.1) is 15.6 Å². The van der Waals surface area contributed by atoms with Gasteiger partial charge in [-0.05, 0) is 47.9 Å². The summed E-state index contributed by atoms with van der Waals surface area (Å²) in [5.74, 6) is -0.875. The van der Waals surface area contributed by atoms with Crippen LogP contribution in [0.4, 0.5) is 5.69 Å². The zero-order valence-corrected chi connectivity index (χ0v) is 26.7. The van der Waals surface area contributed by atoms with Crippen LogP contribution in [0.1, 0.15) is 30.9 Å². The molecule has 0 aliphatic rings. The second-order valence-corrected chi connectivity index (χ2v) is 13.0. The third-order valence-corrected chi connectivity index (χ3v) is 9.40. The Morgan fingerprint density at radius 2 is 1.41 bits per heavy atom. The molecule has 0 saturated carbocycles. The first-order valence-electron chi connectivity index (χ1n) is 14.4. The van der Waals surface area contributed by atoms with Crippen LogP contribution in [0.15, 0.2) is 114 Å². The molecule has 0 unspecified atom stereocenters. The Bertz CT molecular complexity index is 1640. The van der Waals surface area contributed by atoms with Gasteiger partial charge in [-0.1, -0.05) is 115 Å². The number of nitrogens with zero attached hydrogens (tertiary/aromatic N) is 2. The summed E-state index contributed by atoms with van der Waals surface area (Å²) in [7, 11) is -4.26. The molecule has 44 heavy (non-hydrogen) atoms. The van der Waals surface area contributed by atoms with Gasteiger partial charge in [0.25, 0.3) is 10.0 Å². The largest absolute Gasteiger partial charge is 0.354 e. The van der Waals surface area contributed by atoms with Gasteiger partial charge in [0.15, 0.2) is 0 Å². The Kier molecular flexibility index (Phi) is 11.8. The molecule has 0 saturated heterocycles. The van der Waals surface area contributed by atoms with Crippen LogP contribution in [0.3, 0.4) is 0 Å². The van der Waals surface area contributed by atoms with E-state index in [4.69, 9.17) is 23.2 Å². The SMILES string of the molecule is CCCCNC(=O)[C@@H](Cc1ccccc1)N(Cc1ccccc1)C(=O)CN(c1ccc(Cl)cc1Cl)S(=O)(=O)c1ccccc1. The summed E-state index contributed by atoms with van der Waals surface area (Å²) in [6.45, 7) is 1.98. The second-order valence-electron chi connectivity index (χ2n) is 10.3. The number of benzene rings is 4. The highest BCUT2D eigenvalue weighted by molar-refractivity contribution is 7.92. The monoisotopic (exact) mass is 651 g/mol. The predicted molar refractivity (Wildman–Crippen MR) is 176 cm³/mol. The summed E-state index contributed by atoms with van der Waals surface area (Å²) in [5.41, 5.74) is 1.76. The maximum Gasteiger partial charge on any atom is 0.264 e. The summed E-state index contributed by atoms with van der Waals surface area (Å²) in [6, 6.07) is 30.1. The van der Waals surface area contributed by atoms with Gasteiger partial charge in [0, 0.05) is 24.5 Å². The number of sulfonamides is 1. The Morgan fingerprint density at radius 1 is 0.818 bits per heavy atom. The van der Waals surface area contributed by atoms with E-state index in [-0.39, 0.29) is 34.5 Å². The standard InChI is InChI=1S/C34H35Cl2N3O4S/c1-2-3-21-37-34(41)32(22-26-13-7-4-8-14-26)38(24-27-15-9-5-10-16-27)33(40)25-39(31-20-19-28(35)23-30(31)36)44(42,43)29-17-11-6-12-18-29/h4-20,23,32H,2-3,21-22,24-25H2,1H3,(H,37,41)/t32-/m1/s1. The smallest absolute Gasteiger partial charge is 0.264 e. The van der Waals surface area contributed by atoms with Crippen molar-refractivity contribution in [3.8, 4) is 0 Å². The lowest BCUT2D eigenvalue weighted by Gasteiger charge is -2.34. The molecular formula is C34H35Cl2N3O4S. The van der Waals surface area contributed by atoms with Crippen molar-refractivity contribution in [2.75, 3.05) is 17.4 Å². The Morgan fingerprint density at radius 3 is 2.00 bits per heavy atom. The Balaban J connectivity index is 1.79. The second kappa shape index (κ2) is 15.7. The highest BCUT2D eigenvalue weighted by atomic mass is 35.5. The average Bonchev–Trinajstić information content (AvgIpc) is 3.03. The maximum absolute atomic E-state index is 14.4. The third-order valence-electron chi connectivity index (χ3n) is 7.08. The quantitative estimate of drug-likeness (QED) is 0.153. The van der Waals surface area contributed by atoms with Crippen LogP contribution in [0, 0.1) is 0 Å². The first kappa shape index (κ1) is 33.1. The number of carbonyl (C=O) groups excluding carboxylic acids is 2. The maximum atomic E-state index is 14.4. The molecule has 4 rings (SSSR count). The van der Waals surface area contributed by atoms with Crippen molar-refractivity contribution in [2.45, 2.75) is 43.7 Å². The zero-order chi connectivity index (χ0) is 31.5. The number of carbonyl (C=O) groups is 2. The highest BCUT2D eigenvalue weighted by Crippen LogP contribution is 2.33. The molecule has 0 heterocycles. The van der Waals surface area contributed by atoms with Crippen LogP contribution >= 0.6 is 23.2 Å². The lowest BCUT2D eigenvalue weighted by atomic mass is 10.0. The Labute approximate surface area is 269 Å². The van der Waals surface area contributed by atoms with Crippen molar-refractivity contribution < 1.29 is 18.0 Å². The molecule has 4 aromatic rings. The predicted octanol–water partition coefficient (Wildman–Crippen LogP) is 6.75. The minimum absolute atomic E-state index is 0.00781. The molecule has 0 aliphatic heterocycles. The van der Waals surface area contributed by atoms with Gasteiger partial charge in [0.2, 0.25) is 11.8 Å². The molecule has 2 amide bonds. The summed E-state index contributed by atoms with van der Waals surface area (Å²) in [6.07, 6.45) is 1.92. The Hall–Kier alpha value is -3.85. The van der Waals surface area contributed by atoms with Crippen molar-refractivity contribution >= 4 is 50.7 Å². The van der Waals surface area contributed by atoms with E-state index in [2.05, 4.69) is 5.32 Å². The van der Waals surface area contributed by atoms with Crippen LogP contribution in [0.5, 0.6) is 0 Å². The van der Waals surface area contributed by atoms with Crippen molar-refractivity contribution in [2.24, 2.45) is 0 Å². The molecule has 0 bridgehead atoms. The van der Waals surface area contributed by atoms with Gasteiger partial charge in [-0.25, -0.2) is 8.42 Å². The van der Waals surface area contributed by atoms with E-state index >= 15 is 0 Å². The molecule has 0 aromatic heterocycles. The van der Waals surface area contributed by atoms with Crippen molar-refractivity contribution in [3.05, 3.63) is 130 Å². The van der Waals surface area contributed by atoms with Gasteiger partial charge in [0.1, 0.15) is 12.6 Å². The first-order chi connectivity index (χ1) is 21.2. The van der Waals surface area contributed by atoms with E-state index in [0.29, 0.717) is 11.6 Å². The van der Waals surface area contributed by atoms with Crippen molar-refractivity contribution in [1.29, 1.82) is 0 Å². The zero-order valence-electron chi connectivity index (χ0n) is 24.4. The average molecular weight is 653 g/mol. The molecule has 0 fully saturated rings. The fourth-order valence-corrected chi connectivity index (χ4v) is 6.77. The van der Waals surface area contributed by atoms with Gasteiger partial charge in [-0.15, -0.1) is 0 Å². The van der Waals surface area contributed by atoms with Gasteiger partial charge < -0.3 is 10.2 Å². The lowest BCUT2D eigenvalue weighted by Crippen LogP contribution is -2.53. The molecule has 230 valence electrons. The molecule has 0 spiro atoms. The minimum atomic E-state index is -4.26. The molecule has 7 nitrogen and oxygen atoms in total. The molecule has 1 atom stereocenters. The van der Waals surface area contributed by atoms with E-state index in [1.807, 2.05) is 67.6 Å². The summed E-state index contributed by atoms with van der Waals surface area (Å²) in [5, 5.41) is 3.37. The van der Waals surface area contributed by atoms with E-state index in [0.717, 1.165) is 28.3 Å². The minimum Gasteiger partial charge on any atom is -0.354 e. The number of unbranched alkanes of at least 4 members (excludes halogenated alkanes) is 1. The summed E-state index contributed by atoms with van der Waals surface area (Å²) >= 11 is 12.7. The van der Waals surface area contributed by atoms with Crippen molar-refractivity contribution in [3.63, 3.8) is 0 Å².